The van der Waals surface area contributed by atoms with Gasteiger partial charge in [-0.15, -0.1) is 0 Å². The monoisotopic (exact) mass is 274 g/mol. The van der Waals surface area contributed by atoms with Crippen molar-refractivity contribution in [3.63, 3.8) is 0 Å². The minimum atomic E-state index is 0.704. The summed E-state index contributed by atoms with van der Waals surface area (Å²) in [4.78, 5) is 11.3. The summed E-state index contributed by atoms with van der Waals surface area (Å²) in [6.07, 6.45) is 9.59. The fraction of sp³-hybridized carbons (Fsp3) is 0.600. The molecule has 2 aliphatic rings. The molecule has 0 atom stereocenters. The molecule has 3 rings (SSSR count). The average Bonchev–Trinajstić information content (AvgIpc) is 3.31. The second kappa shape index (κ2) is 6.33. The molecule has 1 fully saturated rings. The van der Waals surface area contributed by atoms with Gasteiger partial charge in [-0.1, -0.05) is 6.08 Å². The Kier molecular flexibility index (Phi) is 4.28. The third-order valence-electron chi connectivity index (χ3n) is 3.78. The molecule has 1 aliphatic heterocycles. The average molecular weight is 274 g/mol. The van der Waals surface area contributed by atoms with Crippen molar-refractivity contribution in [3.05, 3.63) is 29.7 Å². The van der Waals surface area contributed by atoms with Crippen LogP contribution in [0.3, 0.4) is 0 Å². The van der Waals surface area contributed by atoms with E-state index >= 15 is 0 Å². The van der Waals surface area contributed by atoms with E-state index in [1.54, 1.807) is 7.11 Å². The maximum Gasteiger partial charge on any atom is 0.147 e. The van der Waals surface area contributed by atoms with Gasteiger partial charge in [-0.05, 0) is 24.8 Å². The quantitative estimate of drug-likeness (QED) is 0.797. The number of nitrogens with one attached hydrogen (secondary N) is 1. The normalized spacial score (nSPS) is 19.1. The molecule has 5 heteroatoms. The van der Waals surface area contributed by atoms with Gasteiger partial charge in [0.25, 0.3) is 0 Å². The van der Waals surface area contributed by atoms with Crippen molar-refractivity contribution in [2.24, 2.45) is 0 Å². The first-order valence-corrected chi connectivity index (χ1v) is 7.31. The highest BCUT2D eigenvalue weighted by Gasteiger charge is 2.20. The van der Waals surface area contributed by atoms with Crippen LogP contribution in [0.25, 0.3) is 0 Å². The summed E-state index contributed by atoms with van der Waals surface area (Å²) in [6.45, 7) is 3.45. The second-order valence-corrected chi connectivity index (χ2v) is 5.52. The van der Waals surface area contributed by atoms with Crippen LogP contribution < -0.4 is 10.2 Å². The molecule has 5 nitrogen and oxygen atoms in total. The lowest BCUT2D eigenvalue weighted by Crippen LogP contribution is -2.30. The minimum Gasteiger partial charge on any atom is -0.380 e. The van der Waals surface area contributed by atoms with Crippen LogP contribution >= 0.6 is 0 Å². The molecule has 0 spiro atoms. The van der Waals surface area contributed by atoms with Crippen LogP contribution in [-0.2, 0) is 11.3 Å². The van der Waals surface area contributed by atoms with Crippen LogP contribution in [0.4, 0.5) is 5.82 Å². The van der Waals surface area contributed by atoms with E-state index in [2.05, 4.69) is 21.3 Å². The summed E-state index contributed by atoms with van der Waals surface area (Å²) in [7, 11) is 1.75. The summed E-state index contributed by atoms with van der Waals surface area (Å²) in [5.41, 5.74) is 2.41. The number of ether oxygens (including phenoxy) is 1. The van der Waals surface area contributed by atoms with E-state index in [-0.39, 0.29) is 0 Å². The third kappa shape index (κ3) is 3.55. The summed E-state index contributed by atoms with van der Waals surface area (Å²) in [5, 5.41) is 3.48. The first kappa shape index (κ1) is 13.5. The van der Waals surface area contributed by atoms with Gasteiger partial charge in [0.2, 0.25) is 0 Å². The van der Waals surface area contributed by atoms with Crippen molar-refractivity contribution in [1.82, 2.24) is 15.3 Å². The number of nitrogens with zero attached hydrogens (tertiary/aromatic N) is 3. The van der Waals surface area contributed by atoms with Crippen molar-refractivity contribution < 1.29 is 4.74 Å². The van der Waals surface area contributed by atoms with Crippen LogP contribution in [0.15, 0.2) is 24.0 Å². The van der Waals surface area contributed by atoms with Crippen molar-refractivity contribution in [3.8, 4) is 0 Å². The summed E-state index contributed by atoms with van der Waals surface area (Å²) in [5.74, 6) is 0.979. The molecule has 1 saturated carbocycles. The molecule has 1 aromatic heterocycles. The standard InChI is InChI=1S/C15H22N4O/c1-20-11-12-4-6-19(7-5-12)15-10-16-8-14(18-15)9-17-13-2-3-13/h4,8,10,13,17H,2-3,5-7,9,11H2,1H3. The zero-order valence-electron chi connectivity index (χ0n) is 12.0. The largest absolute Gasteiger partial charge is 0.380 e. The van der Waals surface area contributed by atoms with E-state index in [0.717, 1.165) is 44.2 Å². The molecule has 108 valence electrons. The Bertz CT molecular complexity index is 485. The topological polar surface area (TPSA) is 50.3 Å². The molecule has 1 aromatic rings. The molecule has 0 saturated heterocycles. The number of hydrogen-bond donors (Lipinski definition) is 1. The van der Waals surface area contributed by atoms with Crippen LogP contribution in [0.2, 0.25) is 0 Å². The zero-order valence-corrected chi connectivity index (χ0v) is 12.0. The molecule has 0 aromatic carbocycles. The number of aromatic nitrogens is 2. The van der Waals surface area contributed by atoms with Gasteiger partial charge in [0.05, 0.1) is 18.5 Å². The van der Waals surface area contributed by atoms with Crippen LogP contribution in [-0.4, -0.2) is 42.8 Å². The highest BCUT2D eigenvalue weighted by Crippen LogP contribution is 2.20. The van der Waals surface area contributed by atoms with Gasteiger partial charge in [-0.2, -0.15) is 0 Å². The molecule has 20 heavy (non-hydrogen) atoms. The third-order valence-corrected chi connectivity index (χ3v) is 3.78. The summed E-state index contributed by atoms with van der Waals surface area (Å²) >= 11 is 0. The van der Waals surface area contributed by atoms with E-state index in [1.165, 1.54) is 18.4 Å². The maximum absolute atomic E-state index is 5.18. The van der Waals surface area contributed by atoms with Gasteiger partial charge >= 0.3 is 0 Å². The Labute approximate surface area is 120 Å². The number of rotatable bonds is 6. The molecule has 1 aliphatic carbocycles. The predicted molar refractivity (Wildman–Crippen MR) is 78.7 cm³/mol. The van der Waals surface area contributed by atoms with Crippen LogP contribution in [0.5, 0.6) is 0 Å². The Balaban J connectivity index is 1.60. The van der Waals surface area contributed by atoms with E-state index in [1.807, 2.05) is 12.4 Å². The Morgan fingerprint density at radius 3 is 3.00 bits per heavy atom. The first-order valence-electron chi connectivity index (χ1n) is 7.31. The summed E-state index contributed by atoms with van der Waals surface area (Å²) in [6, 6.07) is 0.704. The maximum atomic E-state index is 5.18. The molecule has 0 amide bonds. The molecule has 0 bridgehead atoms. The smallest absolute Gasteiger partial charge is 0.147 e. The number of hydrogen-bond acceptors (Lipinski definition) is 5. The lowest BCUT2D eigenvalue weighted by Gasteiger charge is -2.27. The SMILES string of the molecule is COCC1=CCN(c2cncc(CNC3CC3)n2)CC1. The Morgan fingerprint density at radius 1 is 1.40 bits per heavy atom. The van der Waals surface area contributed by atoms with Gasteiger partial charge in [0.15, 0.2) is 0 Å². The fourth-order valence-electron chi connectivity index (χ4n) is 2.40. The van der Waals surface area contributed by atoms with Gasteiger partial charge in [0, 0.05) is 39.0 Å². The number of methoxy groups -OCH3 is 1. The predicted octanol–water partition coefficient (Wildman–Crippen LogP) is 1.51. The fourth-order valence-corrected chi connectivity index (χ4v) is 2.40. The van der Waals surface area contributed by atoms with E-state index in [4.69, 9.17) is 9.72 Å². The van der Waals surface area contributed by atoms with Crippen molar-refractivity contribution in [2.45, 2.75) is 31.8 Å². The van der Waals surface area contributed by atoms with E-state index in [0.29, 0.717) is 6.04 Å². The lowest BCUT2D eigenvalue weighted by atomic mass is 10.1. The van der Waals surface area contributed by atoms with E-state index < -0.39 is 0 Å². The minimum absolute atomic E-state index is 0.704. The van der Waals surface area contributed by atoms with Gasteiger partial charge < -0.3 is 15.0 Å². The molecule has 0 radical (unpaired) electrons. The van der Waals surface area contributed by atoms with Crippen molar-refractivity contribution in [2.75, 3.05) is 31.7 Å². The lowest BCUT2D eigenvalue weighted by molar-refractivity contribution is 0.222. The Hall–Kier alpha value is -1.46. The van der Waals surface area contributed by atoms with Crippen LogP contribution in [0, 0.1) is 0 Å². The van der Waals surface area contributed by atoms with E-state index in [9.17, 15) is 0 Å². The summed E-state index contributed by atoms with van der Waals surface area (Å²) < 4.78 is 5.18. The molecular formula is C15H22N4O. The molecule has 2 heterocycles. The highest BCUT2D eigenvalue weighted by atomic mass is 16.5. The molecule has 1 N–H and O–H groups in total. The van der Waals surface area contributed by atoms with Crippen molar-refractivity contribution >= 4 is 5.82 Å². The van der Waals surface area contributed by atoms with Crippen LogP contribution in [0.1, 0.15) is 25.0 Å². The van der Waals surface area contributed by atoms with Gasteiger partial charge in [0.1, 0.15) is 5.82 Å². The van der Waals surface area contributed by atoms with Gasteiger partial charge in [-0.25, -0.2) is 4.98 Å². The van der Waals surface area contributed by atoms with Gasteiger partial charge in [-0.3, -0.25) is 4.98 Å². The first-order chi connectivity index (χ1) is 9.85. The Morgan fingerprint density at radius 2 is 2.30 bits per heavy atom. The molecular weight excluding hydrogens is 252 g/mol. The number of anilines is 1. The second-order valence-electron chi connectivity index (χ2n) is 5.52. The van der Waals surface area contributed by atoms with Crippen molar-refractivity contribution in [1.29, 1.82) is 0 Å². The zero-order chi connectivity index (χ0) is 13.8. The molecule has 0 unspecified atom stereocenters. The highest BCUT2D eigenvalue weighted by molar-refractivity contribution is 5.39.